The van der Waals surface area contributed by atoms with Crippen LogP contribution in [0, 0.1) is 6.92 Å². The highest BCUT2D eigenvalue weighted by atomic mass is 16.5. The Morgan fingerprint density at radius 2 is 2.07 bits per heavy atom. The van der Waals surface area contributed by atoms with Crippen molar-refractivity contribution in [1.29, 1.82) is 0 Å². The van der Waals surface area contributed by atoms with Gasteiger partial charge in [-0.1, -0.05) is 29.8 Å². The van der Waals surface area contributed by atoms with Gasteiger partial charge in [0, 0.05) is 38.4 Å². The Labute approximate surface area is 172 Å². The minimum absolute atomic E-state index is 0.126. The molecule has 0 saturated carbocycles. The maximum absolute atomic E-state index is 10.9. The van der Waals surface area contributed by atoms with E-state index in [4.69, 9.17) is 10.5 Å². The second-order valence-electron chi connectivity index (χ2n) is 7.24. The van der Waals surface area contributed by atoms with Crippen LogP contribution in [0.2, 0.25) is 0 Å². The molecule has 154 valence electrons. The summed E-state index contributed by atoms with van der Waals surface area (Å²) in [5.41, 5.74) is 8.69. The summed E-state index contributed by atoms with van der Waals surface area (Å²) in [5.74, 6) is 0.897. The lowest BCUT2D eigenvalue weighted by molar-refractivity contribution is -0.119. The van der Waals surface area contributed by atoms with Crippen molar-refractivity contribution in [1.82, 2.24) is 10.6 Å². The predicted molar refractivity (Wildman–Crippen MR) is 116 cm³/mol. The molecule has 0 bridgehead atoms. The molecular formula is C22H29N5O2. The maximum atomic E-state index is 10.9. The van der Waals surface area contributed by atoms with Crippen molar-refractivity contribution in [3.8, 4) is 5.75 Å². The molecule has 2 aromatic rings. The minimum atomic E-state index is -0.491. The number of nitrogens with zero attached hydrogens (tertiary/aromatic N) is 2. The monoisotopic (exact) mass is 395 g/mol. The number of carbonyl (C=O) groups excluding carboxylic acids is 1. The fourth-order valence-corrected chi connectivity index (χ4v) is 3.34. The number of rotatable bonds is 7. The van der Waals surface area contributed by atoms with Gasteiger partial charge in [0.25, 0.3) is 5.91 Å². The molecule has 0 spiro atoms. The Morgan fingerprint density at radius 3 is 2.79 bits per heavy atom. The summed E-state index contributed by atoms with van der Waals surface area (Å²) in [5, 5.41) is 6.85. The van der Waals surface area contributed by atoms with Crippen molar-refractivity contribution in [2.45, 2.75) is 25.9 Å². The van der Waals surface area contributed by atoms with Gasteiger partial charge in [-0.05, 0) is 43.2 Å². The molecule has 4 N–H and O–H groups in total. The van der Waals surface area contributed by atoms with Crippen LogP contribution in [0.3, 0.4) is 0 Å². The Balaban J connectivity index is 1.49. The molecule has 2 aromatic carbocycles. The van der Waals surface area contributed by atoms with E-state index in [9.17, 15) is 4.79 Å². The van der Waals surface area contributed by atoms with Crippen LogP contribution in [0.15, 0.2) is 53.5 Å². The first-order valence-corrected chi connectivity index (χ1v) is 9.82. The molecule has 29 heavy (non-hydrogen) atoms. The van der Waals surface area contributed by atoms with Crippen molar-refractivity contribution in [2.75, 3.05) is 31.6 Å². The van der Waals surface area contributed by atoms with E-state index in [0.29, 0.717) is 18.3 Å². The molecule has 7 nitrogen and oxygen atoms in total. The minimum Gasteiger partial charge on any atom is -0.484 e. The van der Waals surface area contributed by atoms with E-state index in [0.717, 1.165) is 31.0 Å². The number of ether oxygens (including phenoxy) is 1. The van der Waals surface area contributed by atoms with Gasteiger partial charge in [-0.15, -0.1) is 0 Å². The topological polar surface area (TPSA) is 92.0 Å². The van der Waals surface area contributed by atoms with Crippen LogP contribution >= 0.6 is 0 Å². The zero-order chi connectivity index (χ0) is 20.6. The van der Waals surface area contributed by atoms with E-state index in [1.165, 1.54) is 11.3 Å². The van der Waals surface area contributed by atoms with Gasteiger partial charge in [0.2, 0.25) is 0 Å². The Bertz CT molecular complexity index is 851. The second-order valence-corrected chi connectivity index (χ2v) is 7.24. The van der Waals surface area contributed by atoms with Gasteiger partial charge in [-0.2, -0.15) is 0 Å². The fourth-order valence-electron chi connectivity index (χ4n) is 3.34. The summed E-state index contributed by atoms with van der Waals surface area (Å²) in [6.45, 7) is 4.55. The maximum Gasteiger partial charge on any atom is 0.255 e. The van der Waals surface area contributed by atoms with Gasteiger partial charge >= 0.3 is 0 Å². The summed E-state index contributed by atoms with van der Waals surface area (Å²) in [4.78, 5) is 17.6. The number of aliphatic imine (C=N–C) groups is 1. The molecule has 1 heterocycles. The Hall–Kier alpha value is -3.22. The number of nitrogens with one attached hydrogen (secondary N) is 2. The van der Waals surface area contributed by atoms with Crippen molar-refractivity contribution in [3.05, 3.63) is 59.7 Å². The average Bonchev–Trinajstić information content (AvgIpc) is 3.19. The average molecular weight is 396 g/mol. The smallest absolute Gasteiger partial charge is 0.255 e. The number of nitrogens with two attached hydrogens (primary N) is 1. The third-order valence-electron chi connectivity index (χ3n) is 4.89. The lowest BCUT2D eigenvalue weighted by Gasteiger charge is -2.20. The van der Waals surface area contributed by atoms with E-state index >= 15 is 0 Å². The van der Waals surface area contributed by atoms with Gasteiger partial charge < -0.3 is 26.0 Å². The molecule has 7 heteroatoms. The molecular weight excluding hydrogens is 366 g/mol. The Kier molecular flexibility index (Phi) is 6.94. The van der Waals surface area contributed by atoms with Crippen LogP contribution in [0.4, 0.5) is 5.69 Å². The van der Waals surface area contributed by atoms with Crippen LogP contribution in [0.25, 0.3) is 0 Å². The number of amides is 1. The number of benzene rings is 2. The molecule has 0 aromatic heterocycles. The van der Waals surface area contributed by atoms with Gasteiger partial charge in [-0.3, -0.25) is 9.79 Å². The number of hydrogen-bond donors (Lipinski definition) is 3. The highest BCUT2D eigenvalue weighted by Crippen LogP contribution is 2.20. The van der Waals surface area contributed by atoms with Crippen molar-refractivity contribution >= 4 is 17.6 Å². The quantitative estimate of drug-likeness (QED) is 0.491. The molecule has 1 unspecified atom stereocenters. The number of primary amides is 1. The van der Waals surface area contributed by atoms with Gasteiger partial charge in [0.1, 0.15) is 5.75 Å². The third-order valence-corrected chi connectivity index (χ3v) is 4.89. The lowest BCUT2D eigenvalue weighted by atomic mass is 10.2. The van der Waals surface area contributed by atoms with E-state index in [1.807, 2.05) is 18.2 Å². The standard InChI is InChI=1S/C22H29N5O2/c1-16-6-8-19(9-7-16)27-11-10-18(14-27)26-22(24-2)25-13-17-4-3-5-20(12-17)29-15-21(23)28/h3-9,12,18H,10-11,13-15H2,1-2H3,(H2,23,28)(H2,24,25,26). The van der Waals surface area contributed by atoms with Crippen LogP contribution in [0.5, 0.6) is 5.75 Å². The van der Waals surface area contributed by atoms with Gasteiger partial charge in [0.15, 0.2) is 12.6 Å². The second kappa shape index (κ2) is 9.82. The molecule has 1 aliphatic rings. The molecule has 1 aliphatic heterocycles. The van der Waals surface area contributed by atoms with E-state index < -0.39 is 5.91 Å². The van der Waals surface area contributed by atoms with Crippen molar-refractivity contribution < 1.29 is 9.53 Å². The molecule has 1 amide bonds. The van der Waals surface area contributed by atoms with E-state index in [-0.39, 0.29) is 6.61 Å². The first-order valence-electron chi connectivity index (χ1n) is 9.82. The third kappa shape index (κ3) is 6.14. The number of hydrogen-bond acceptors (Lipinski definition) is 4. The normalized spacial score (nSPS) is 16.6. The largest absolute Gasteiger partial charge is 0.484 e. The molecule has 1 saturated heterocycles. The molecule has 1 atom stereocenters. The molecule has 3 rings (SSSR count). The number of guanidine groups is 1. The Morgan fingerprint density at radius 1 is 1.28 bits per heavy atom. The molecule has 0 radical (unpaired) electrons. The van der Waals surface area contributed by atoms with Gasteiger partial charge in [-0.25, -0.2) is 0 Å². The lowest BCUT2D eigenvalue weighted by Crippen LogP contribution is -2.44. The summed E-state index contributed by atoms with van der Waals surface area (Å²) >= 11 is 0. The van der Waals surface area contributed by atoms with Crippen LogP contribution in [-0.4, -0.2) is 44.7 Å². The van der Waals surface area contributed by atoms with E-state index in [1.54, 1.807) is 13.1 Å². The van der Waals surface area contributed by atoms with Crippen LogP contribution in [-0.2, 0) is 11.3 Å². The summed E-state index contributed by atoms with van der Waals surface area (Å²) < 4.78 is 5.36. The molecule has 1 fully saturated rings. The number of aryl methyl sites for hydroxylation is 1. The van der Waals surface area contributed by atoms with E-state index in [2.05, 4.69) is 51.7 Å². The zero-order valence-electron chi connectivity index (χ0n) is 17.0. The van der Waals surface area contributed by atoms with Crippen molar-refractivity contribution in [3.63, 3.8) is 0 Å². The first kappa shape index (κ1) is 20.5. The number of carbonyl (C=O) groups is 1. The number of anilines is 1. The summed E-state index contributed by atoms with van der Waals surface area (Å²) in [6, 6.07) is 16.6. The van der Waals surface area contributed by atoms with Gasteiger partial charge in [0.05, 0.1) is 0 Å². The van der Waals surface area contributed by atoms with Crippen molar-refractivity contribution in [2.24, 2.45) is 10.7 Å². The zero-order valence-corrected chi connectivity index (χ0v) is 17.0. The SMILES string of the molecule is CN=C(NCc1cccc(OCC(N)=O)c1)NC1CCN(c2ccc(C)cc2)C1. The first-order chi connectivity index (χ1) is 14.0. The summed E-state index contributed by atoms with van der Waals surface area (Å²) in [6.07, 6.45) is 1.06. The highest BCUT2D eigenvalue weighted by Gasteiger charge is 2.23. The highest BCUT2D eigenvalue weighted by molar-refractivity contribution is 5.80. The fraction of sp³-hybridized carbons (Fsp3) is 0.364. The molecule has 0 aliphatic carbocycles. The van der Waals surface area contributed by atoms with Crippen LogP contribution < -0.4 is 26.0 Å². The summed E-state index contributed by atoms with van der Waals surface area (Å²) in [7, 11) is 1.77. The predicted octanol–water partition coefficient (Wildman–Crippen LogP) is 1.80. The van der Waals surface area contributed by atoms with Crippen LogP contribution in [0.1, 0.15) is 17.5 Å².